The number of fused-ring (bicyclic) bond motifs is 1. The van der Waals surface area contributed by atoms with Crippen molar-refractivity contribution in [3.8, 4) is 0 Å². The quantitative estimate of drug-likeness (QED) is 0.433. The van der Waals surface area contributed by atoms with Crippen LogP contribution in [0.1, 0.15) is 82.7 Å². The minimum Gasteiger partial charge on any atom is -0.350 e. The van der Waals surface area contributed by atoms with Crippen molar-refractivity contribution in [2.75, 3.05) is 29.9 Å². The number of aryl methyl sites for hydroxylation is 1. The van der Waals surface area contributed by atoms with Gasteiger partial charge in [0, 0.05) is 43.0 Å². The number of carbonyl (C=O) groups is 2. The molecule has 0 bridgehead atoms. The number of rotatable bonds is 7. The number of aromatic amines is 1. The molecule has 2 aromatic heterocycles. The Morgan fingerprint density at radius 1 is 1.13 bits per heavy atom. The highest BCUT2D eigenvalue weighted by molar-refractivity contribution is 5.87. The highest BCUT2D eigenvalue weighted by Gasteiger charge is 2.37. The molecule has 1 unspecified atom stereocenters. The predicted octanol–water partition coefficient (Wildman–Crippen LogP) is 2.37. The molecule has 0 saturated carbocycles. The second-order valence-electron chi connectivity index (χ2n) is 11.8. The van der Waals surface area contributed by atoms with Crippen molar-refractivity contribution in [2.24, 2.45) is 5.73 Å². The van der Waals surface area contributed by atoms with E-state index in [1.165, 1.54) is 0 Å². The Labute approximate surface area is 224 Å². The summed E-state index contributed by atoms with van der Waals surface area (Å²) < 4.78 is 0. The summed E-state index contributed by atoms with van der Waals surface area (Å²) in [4.78, 5) is 39.8. The van der Waals surface area contributed by atoms with E-state index in [1.54, 1.807) is 18.7 Å². The van der Waals surface area contributed by atoms with Gasteiger partial charge in [-0.2, -0.15) is 10.1 Å². The first-order valence-corrected chi connectivity index (χ1v) is 14.0. The molecule has 3 aliphatic rings. The number of likely N-dealkylation sites (tertiary alicyclic amines) is 1. The molecule has 2 saturated heterocycles. The van der Waals surface area contributed by atoms with Crippen LogP contribution in [-0.2, 0) is 22.4 Å². The molecule has 0 aromatic carbocycles. The second-order valence-corrected chi connectivity index (χ2v) is 11.8. The number of hydrogen-bond donors (Lipinski definition) is 4. The first kappa shape index (κ1) is 26.4. The smallest absolute Gasteiger partial charge is 0.243 e. The van der Waals surface area contributed by atoms with Crippen LogP contribution < -0.4 is 21.3 Å². The van der Waals surface area contributed by atoms with Crippen molar-refractivity contribution in [1.82, 2.24) is 30.4 Å². The fraction of sp³-hybridized carbons (Fsp3) is 0.667. The SMILES string of the molecule is CC(C)c1cc(Nc2nc(N3CCC[C@@H]3C(=O)NC3CCCN(C(=O)C(C)(C)N)C3)nc3c2CCC3)n[nH]1. The van der Waals surface area contributed by atoms with Crippen LogP contribution in [0.15, 0.2) is 6.07 Å². The summed E-state index contributed by atoms with van der Waals surface area (Å²) in [7, 11) is 0. The van der Waals surface area contributed by atoms with E-state index in [0.29, 0.717) is 25.0 Å². The summed E-state index contributed by atoms with van der Waals surface area (Å²) in [5.41, 5.74) is 8.37. The van der Waals surface area contributed by atoms with Gasteiger partial charge in [0.25, 0.3) is 0 Å². The van der Waals surface area contributed by atoms with Gasteiger partial charge < -0.3 is 26.2 Å². The Bertz CT molecular complexity index is 1190. The van der Waals surface area contributed by atoms with Crippen LogP contribution in [0.3, 0.4) is 0 Å². The molecule has 2 atom stereocenters. The Morgan fingerprint density at radius 2 is 1.92 bits per heavy atom. The molecule has 2 aromatic rings. The Hall–Kier alpha value is -3.21. The second kappa shape index (κ2) is 10.5. The number of hydrogen-bond acceptors (Lipinski definition) is 8. The van der Waals surface area contributed by atoms with Gasteiger partial charge in [-0.15, -0.1) is 0 Å². The molecule has 0 radical (unpaired) electrons. The molecule has 2 amide bonds. The van der Waals surface area contributed by atoms with Gasteiger partial charge >= 0.3 is 0 Å². The monoisotopic (exact) mass is 523 g/mol. The lowest BCUT2D eigenvalue weighted by atomic mass is 10.00. The van der Waals surface area contributed by atoms with Gasteiger partial charge in [0.1, 0.15) is 11.9 Å². The van der Waals surface area contributed by atoms with Gasteiger partial charge in [0.2, 0.25) is 17.8 Å². The van der Waals surface area contributed by atoms with Crippen molar-refractivity contribution in [1.29, 1.82) is 0 Å². The number of amides is 2. The average molecular weight is 524 g/mol. The van der Waals surface area contributed by atoms with Crippen LogP contribution in [0.4, 0.5) is 17.6 Å². The maximum absolute atomic E-state index is 13.5. The Morgan fingerprint density at radius 3 is 2.66 bits per heavy atom. The lowest BCUT2D eigenvalue weighted by Crippen LogP contribution is -2.58. The standard InChI is InChI=1S/C27H41N9O2/c1-16(2)20-14-22(34-33-20)31-23-18-9-5-10-19(18)30-26(32-23)36-13-7-11-21(36)24(37)29-17-8-6-12-35(15-17)25(38)27(3,4)28/h14,16-17,21H,5-13,15,28H2,1-4H3,(H,29,37)(H2,30,31,32,33,34)/t17?,21-/m1/s1. The third-order valence-electron chi connectivity index (χ3n) is 7.81. The minimum atomic E-state index is -0.920. The maximum Gasteiger partial charge on any atom is 0.243 e. The van der Waals surface area contributed by atoms with Crippen LogP contribution >= 0.6 is 0 Å². The van der Waals surface area contributed by atoms with Crippen LogP contribution in [0, 0.1) is 0 Å². The number of nitrogens with two attached hydrogens (primary N) is 1. The number of anilines is 3. The highest BCUT2D eigenvalue weighted by Crippen LogP contribution is 2.33. The summed E-state index contributed by atoms with van der Waals surface area (Å²) in [5.74, 6) is 2.35. The number of piperidine rings is 1. The van der Waals surface area contributed by atoms with E-state index in [2.05, 4.69) is 34.7 Å². The van der Waals surface area contributed by atoms with E-state index in [9.17, 15) is 9.59 Å². The number of carbonyl (C=O) groups excluding carboxylic acids is 2. The molecule has 11 nitrogen and oxygen atoms in total. The fourth-order valence-electron chi connectivity index (χ4n) is 5.73. The molecule has 1 aliphatic carbocycles. The molecule has 2 fully saturated rings. The Kier molecular flexibility index (Phi) is 7.30. The van der Waals surface area contributed by atoms with Crippen molar-refractivity contribution < 1.29 is 9.59 Å². The number of aromatic nitrogens is 4. The zero-order valence-corrected chi connectivity index (χ0v) is 23.0. The van der Waals surface area contributed by atoms with Gasteiger partial charge in [0.05, 0.1) is 11.2 Å². The molecule has 206 valence electrons. The van der Waals surface area contributed by atoms with Crippen LogP contribution in [0.2, 0.25) is 0 Å². The molecule has 11 heteroatoms. The largest absolute Gasteiger partial charge is 0.350 e. The van der Waals surface area contributed by atoms with Crippen molar-refractivity contribution in [2.45, 2.75) is 96.2 Å². The Balaban J connectivity index is 1.31. The number of H-pyrrole nitrogens is 1. The van der Waals surface area contributed by atoms with Crippen molar-refractivity contribution >= 4 is 29.4 Å². The summed E-state index contributed by atoms with van der Waals surface area (Å²) >= 11 is 0. The summed E-state index contributed by atoms with van der Waals surface area (Å²) in [6, 6.07) is 1.60. The summed E-state index contributed by atoms with van der Waals surface area (Å²) in [6.45, 7) is 9.59. The summed E-state index contributed by atoms with van der Waals surface area (Å²) in [6.07, 6.45) is 6.21. The lowest BCUT2D eigenvalue weighted by Gasteiger charge is -2.37. The molecular weight excluding hydrogens is 482 g/mol. The molecule has 5 N–H and O–H groups in total. The lowest BCUT2D eigenvalue weighted by molar-refractivity contribution is -0.138. The van der Waals surface area contributed by atoms with E-state index >= 15 is 0 Å². The van der Waals surface area contributed by atoms with Crippen molar-refractivity contribution in [3.05, 3.63) is 23.0 Å². The third kappa shape index (κ3) is 5.48. The average Bonchev–Trinajstić information content (AvgIpc) is 3.63. The van der Waals surface area contributed by atoms with Crippen molar-refractivity contribution in [3.63, 3.8) is 0 Å². The minimum absolute atomic E-state index is 0.0266. The van der Waals surface area contributed by atoms with Gasteiger partial charge in [0.15, 0.2) is 5.82 Å². The molecular formula is C27H41N9O2. The zero-order chi connectivity index (χ0) is 27.0. The van der Waals surface area contributed by atoms with E-state index in [1.807, 2.05) is 11.0 Å². The first-order chi connectivity index (χ1) is 18.1. The first-order valence-electron chi connectivity index (χ1n) is 14.0. The molecule has 5 rings (SSSR count). The number of nitrogens with zero attached hydrogens (tertiary/aromatic N) is 5. The van der Waals surface area contributed by atoms with E-state index in [0.717, 1.165) is 80.1 Å². The van der Waals surface area contributed by atoms with Gasteiger partial charge in [-0.3, -0.25) is 14.7 Å². The van der Waals surface area contributed by atoms with E-state index in [-0.39, 0.29) is 23.9 Å². The number of nitrogens with one attached hydrogen (secondary N) is 3. The highest BCUT2D eigenvalue weighted by atomic mass is 16.2. The molecule has 38 heavy (non-hydrogen) atoms. The van der Waals surface area contributed by atoms with Gasteiger partial charge in [-0.1, -0.05) is 13.8 Å². The van der Waals surface area contributed by atoms with Gasteiger partial charge in [-0.05, 0) is 64.7 Å². The van der Waals surface area contributed by atoms with Crippen LogP contribution in [0.25, 0.3) is 0 Å². The van der Waals surface area contributed by atoms with Crippen LogP contribution in [-0.4, -0.2) is 74.1 Å². The zero-order valence-electron chi connectivity index (χ0n) is 23.0. The van der Waals surface area contributed by atoms with E-state index in [4.69, 9.17) is 15.7 Å². The molecule has 0 spiro atoms. The van der Waals surface area contributed by atoms with Gasteiger partial charge in [-0.25, -0.2) is 4.98 Å². The predicted molar refractivity (Wildman–Crippen MR) is 146 cm³/mol. The normalized spacial score (nSPS) is 21.6. The third-order valence-corrected chi connectivity index (χ3v) is 7.81. The van der Waals surface area contributed by atoms with E-state index < -0.39 is 5.54 Å². The fourth-order valence-corrected chi connectivity index (χ4v) is 5.73. The summed E-state index contributed by atoms with van der Waals surface area (Å²) in [5, 5.41) is 14.1. The molecule has 4 heterocycles. The van der Waals surface area contributed by atoms with Crippen LogP contribution in [0.5, 0.6) is 0 Å². The maximum atomic E-state index is 13.5. The topological polar surface area (TPSA) is 145 Å². The molecule has 2 aliphatic heterocycles.